The normalized spacial score (nSPS) is 11.3. The fourth-order valence-electron chi connectivity index (χ4n) is 1.39. The zero-order valence-corrected chi connectivity index (χ0v) is 8.10. The van der Waals surface area contributed by atoms with Gasteiger partial charge in [-0.3, -0.25) is 4.99 Å². The zero-order valence-electron chi connectivity index (χ0n) is 8.10. The van der Waals surface area contributed by atoms with Crippen molar-refractivity contribution in [3.63, 3.8) is 0 Å². The van der Waals surface area contributed by atoms with Crippen LogP contribution < -0.4 is 5.63 Å². The van der Waals surface area contributed by atoms with Crippen LogP contribution >= 0.6 is 0 Å². The zero-order chi connectivity index (χ0) is 10.8. The number of nitrogens with zero attached hydrogens (tertiary/aromatic N) is 1. The van der Waals surface area contributed by atoms with Gasteiger partial charge in [0.25, 0.3) is 0 Å². The number of aliphatic imine (C=N–C) groups is 1. The van der Waals surface area contributed by atoms with Gasteiger partial charge in [0.15, 0.2) is 0 Å². The molecule has 4 nitrogen and oxygen atoms in total. The van der Waals surface area contributed by atoms with Gasteiger partial charge in [-0.25, -0.2) is 4.79 Å². The molecule has 0 aliphatic rings. The number of para-hydroxylation sites is 1. The van der Waals surface area contributed by atoms with Gasteiger partial charge in [-0.1, -0.05) is 12.1 Å². The maximum atomic E-state index is 11.4. The molecule has 0 radical (unpaired) electrons. The molecule has 0 atom stereocenters. The van der Waals surface area contributed by atoms with Gasteiger partial charge in [-0.05, 0) is 12.1 Å². The molecule has 76 valence electrons. The molecule has 2 aromatic rings. The van der Waals surface area contributed by atoms with Gasteiger partial charge in [0.2, 0.25) is 0 Å². The van der Waals surface area contributed by atoms with Gasteiger partial charge >= 0.3 is 5.63 Å². The highest BCUT2D eigenvalue weighted by Gasteiger charge is 2.10. The fraction of sp³-hybridized carbons (Fsp3) is 0.0909. The van der Waals surface area contributed by atoms with E-state index in [1.807, 2.05) is 0 Å². The van der Waals surface area contributed by atoms with Crippen LogP contribution in [0.5, 0.6) is 5.75 Å². The first-order valence-corrected chi connectivity index (χ1v) is 4.41. The molecule has 2 rings (SSSR count). The number of aromatic hydroxyl groups is 1. The molecule has 0 amide bonds. The van der Waals surface area contributed by atoms with Crippen molar-refractivity contribution in [3.05, 3.63) is 40.2 Å². The smallest absolute Gasteiger partial charge is 0.348 e. The summed E-state index contributed by atoms with van der Waals surface area (Å²) in [6.07, 6.45) is 1.29. The van der Waals surface area contributed by atoms with Crippen molar-refractivity contribution in [2.24, 2.45) is 4.99 Å². The fourth-order valence-corrected chi connectivity index (χ4v) is 1.39. The van der Waals surface area contributed by atoms with E-state index in [-0.39, 0.29) is 11.3 Å². The lowest BCUT2D eigenvalue weighted by Crippen LogP contribution is -2.06. The SMILES string of the molecule is CN=Cc1c(O)c2ccccc2oc1=O. The van der Waals surface area contributed by atoms with Crippen LogP contribution in [0.2, 0.25) is 0 Å². The van der Waals surface area contributed by atoms with Gasteiger partial charge in [0.05, 0.1) is 5.39 Å². The Morgan fingerprint density at radius 1 is 1.40 bits per heavy atom. The second-order valence-electron chi connectivity index (χ2n) is 3.04. The number of hydrogen-bond acceptors (Lipinski definition) is 4. The summed E-state index contributed by atoms with van der Waals surface area (Å²) in [5, 5.41) is 10.3. The molecule has 0 unspecified atom stereocenters. The van der Waals surface area contributed by atoms with Crippen molar-refractivity contribution in [1.29, 1.82) is 0 Å². The van der Waals surface area contributed by atoms with Crippen molar-refractivity contribution in [3.8, 4) is 5.75 Å². The molecule has 1 aromatic heterocycles. The van der Waals surface area contributed by atoms with E-state index in [1.54, 1.807) is 24.3 Å². The summed E-state index contributed by atoms with van der Waals surface area (Å²) in [6.45, 7) is 0. The minimum atomic E-state index is -0.586. The molecule has 0 fully saturated rings. The molecule has 0 aliphatic carbocycles. The second-order valence-corrected chi connectivity index (χ2v) is 3.04. The predicted molar refractivity (Wildman–Crippen MR) is 57.7 cm³/mol. The summed E-state index contributed by atoms with van der Waals surface area (Å²) in [5.41, 5.74) is -0.138. The van der Waals surface area contributed by atoms with Crippen molar-refractivity contribution < 1.29 is 9.52 Å². The highest BCUT2D eigenvalue weighted by molar-refractivity contribution is 5.93. The molecular formula is C11H9NO3. The molecule has 1 heterocycles. The van der Waals surface area contributed by atoms with E-state index in [0.29, 0.717) is 11.0 Å². The lowest BCUT2D eigenvalue weighted by atomic mass is 10.1. The third-order valence-electron chi connectivity index (χ3n) is 2.08. The minimum Gasteiger partial charge on any atom is -0.506 e. The molecule has 0 bridgehead atoms. The number of rotatable bonds is 1. The topological polar surface area (TPSA) is 62.8 Å². The predicted octanol–water partition coefficient (Wildman–Crippen LogP) is 1.55. The Bertz CT molecular complexity index is 584. The van der Waals surface area contributed by atoms with Crippen LogP contribution in [-0.4, -0.2) is 18.4 Å². The number of hydrogen-bond donors (Lipinski definition) is 1. The molecule has 0 saturated carbocycles. The van der Waals surface area contributed by atoms with Gasteiger partial charge in [0.1, 0.15) is 16.9 Å². The van der Waals surface area contributed by atoms with Crippen LogP contribution in [0.1, 0.15) is 5.56 Å². The van der Waals surface area contributed by atoms with E-state index in [0.717, 1.165) is 0 Å². The van der Waals surface area contributed by atoms with E-state index in [9.17, 15) is 9.90 Å². The summed E-state index contributed by atoms with van der Waals surface area (Å²) in [4.78, 5) is 15.1. The van der Waals surface area contributed by atoms with Crippen LogP contribution in [0.25, 0.3) is 11.0 Å². The highest BCUT2D eigenvalue weighted by atomic mass is 16.4. The Balaban J connectivity index is 2.90. The Kier molecular flexibility index (Phi) is 2.25. The van der Waals surface area contributed by atoms with E-state index in [4.69, 9.17) is 4.42 Å². The third kappa shape index (κ3) is 1.50. The number of fused-ring (bicyclic) bond motifs is 1. The summed E-state index contributed by atoms with van der Waals surface area (Å²) in [7, 11) is 1.52. The van der Waals surface area contributed by atoms with E-state index in [1.165, 1.54) is 13.3 Å². The van der Waals surface area contributed by atoms with E-state index in [2.05, 4.69) is 4.99 Å². The maximum Gasteiger partial charge on any atom is 0.348 e. The lowest BCUT2D eigenvalue weighted by Gasteiger charge is -2.01. The molecule has 0 aliphatic heterocycles. The largest absolute Gasteiger partial charge is 0.506 e. The average Bonchev–Trinajstić information content (AvgIpc) is 2.24. The molecule has 0 spiro atoms. The van der Waals surface area contributed by atoms with Gasteiger partial charge in [0, 0.05) is 13.3 Å². The third-order valence-corrected chi connectivity index (χ3v) is 2.08. The molecule has 4 heteroatoms. The lowest BCUT2D eigenvalue weighted by molar-refractivity contribution is 0.466. The quantitative estimate of drug-likeness (QED) is 0.565. The first-order valence-electron chi connectivity index (χ1n) is 4.41. The highest BCUT2D eigenvalue weighted by Crippen LogP contribution is 2.24. The van der Waals surface area contributed by atoms with Gasteiger partial charge in [-0.2, -0.15) is 0 Å². The van der Waals surface area contributed by atoms with E-state index >= 15 is 0 Å². The Morgan fingerprint density at radius 2 is 2.13 bits per heavy atom. The first-order chi connectivity index (χ1) is 7.24. The number of benzene rings is 1. The first kappa shape index (κ1) is 9.45. The second kappa shape index (κ2) is 3.57. The monoisotopic (exact) mass is 203 g/mol. The van der Waals surface area contributed by atoms with Crippen molar-refractivity contribution >= 4 is 17.2 Å². The Morgan fingerprint density at radius 3 is 2.87 bits per heavy atom. The summed E-state index contributed by atoms with van der Waals surface area (Å²) in [5.74, 6) is -0.0903. The molecule has 0 saturated heterocycles. The summed E-state index contributed by atoms with van der Waals surface area (Å²) < 4.78 is 5.02. The minimum absolute atomic E-state index is 0.0798. The standard InChI is InChI=1S/C11H9NO3/c1-12-6-8-10(13)7-4-2-3-5-9(7)15-11(8)14/h2-6,13H,1H3. The van der Waals surface area contributed by atoms with E-state index < -0.39 is 5.63 Å². The molecule has 15 heavy (non-hydrogen) atoms. The van der Waals surface area contributed by atoms with Crippen LogP contribution in [-0.2, 0) is 0 Å². The van der Waals surface area contributed by atoms with Crippen LogP contribution in [0, 0.1) is 0 Å². The van der Waals surface area contributed by atoms with Crippen LogP contribution in [0.4, 0.5) is 0 Å². The van der Waals surface area contributed by atoms with Crippen LogP contribution in [0.15, 0.2) is 38.5 Å². The molecule has 1 N–H and O–H groups in total. The molecular weight excluding hydrogens is 194 g/mol. The van der Waals surface area contributed by atoms with Crippen LogP contribution in [0.3, 0.4) is 0 Å². The maximum absolute atomic E-state index is 11.4. The Hall–Kier alpha value is -2.10. The van der Waals surface area contributed by atoms with Gasteiger partial charge in [-0.15, -0.1) is 0 Å². The van der Waals surface area contributed by atoms with Crippen molar-refractivity contribution in [1.82, 2.24) is 0 Å². The summed E-state index contributed by atoms with van der Waals surface area (Å²) in [6, 6.07) is 6.80. The molecule has 1 aromatic carbocycles. The summed E-state index contributed by atoms with van der Waals surface area (Å²) >= 11 is 0. The van der Waals surface area contributed by atoms with Crippen molar-refractivity contribution in [2.45, 2.75) is 0 Å². The van der Waals surface area contributed by atoms with Crippen molar-refractivity contribution in [2.75, 3.05) is 7.05 Å². The average molecular weight is 203 g/mol. The Labute approximate surface area is 85.5 Å². The van der Waals surface area contributed by atoms with Gasteiger partial charge < -0.3 is 9.52 Å².